The summed E-state index contributed by atoms with van der Waals surface area (Å²) in [5.74, 6) is -0.422. The monoisotopic (exact) mass is 613 g/mol. The second kappa shape index (κ2) is 15.2. The fraction of sp³-hybridized carbons (Fsp3) is 0.286. The number of rotatable bonds is 12. The van der Waals surface area contributed by atoms with Gasteiger partial charge in [-0.25, -0.2) is 19.2 Å². The van der Waals surface area contributed by atoms with Crippen LogP contribution >= 0.6 is 0 Å². The third-order valence-electron chi connectivity index (χ3n) is 7.83. The lowest BCUT2D eigenvalue weighted by Crippen LogP contribution is -2.71. The predicted octanol–water partition coefficient (Wildman–Crippen LogP) is 5.02. The van der Waals surface area contributed by atoms with Crippen molar-refractivity contribution in [2.24, 2.45) is 0 Å². The van der Waals surface area contributed by atoms with Gasteiger partial charge in [-0.1, -0.05) is 67.3 Å². The van der Waals surface area contributed by atoms with E-state index >= 15 is 0 Å². The third kappa shape index (κ3) is 8.16. The number of urea groups is 1. The molecule has 1 heterocycles. The van der Waals surface area contributed by atoms with Gasteiger partial charge >= 0.3 is 6.03 Å². The standard InChI is InChI=1S/C35H40FN5O4/c1-5-8-28-9-7-10-29(32(28)6-2)21-39(24-42)22-33-40(25(3)19-26-13-17-31(43)18-14-26)34(44)23-38(4)41(33)35(45)37-20-27-11-15-30(36)16-12-27/h5-18,24-25,33,43H,2,19-23H2,1,3-4H3,(H,37,45)/b8-5-/t25?,33-/m0/s1. The van der Waals surface area contributed by atoms with Gasteiger partial charge in [0.2, 0.25) is 12.3 Å². The summed E-state index contributed by atoms with van der Waals surface area (Å²) >= 11 is 0. The highest BCUT2D eigenvalue weighted by molar-refractivity contribution is 5.83. The number of hydrogen-bond donors (Lipinski definition) is 2. The molecule has 1 aliphatic heterocycles. The molecule has 2 atom stereocenters. The van der Waals surface area contributed by atoms with E-state index in [2.05, 4.69) is 11.9 Å². The van der Waals surface area contributed by atoms with Crippen LogP contribution in [0.5, 0.6) is 5.75 Å². The Morgan fingerprint density at radius 3 is 2.47 bits per heavy atom. The Labute approximate surface area is 263 Å². The number of likely N-dealkylation sites (N-methyl/N-ethyl adjacent to an activating group) is 1. The summed E-state index contributed by atoms with van der Waals surface area (Å²) in [5, 5.41) is 15.7. The molecule has 0 radical (unpaired) electrons. The average molecular weight is 614 g/mol. The molecule has 1 saturated heterocycles. The number of hydrazine groups is 1. The van der Waals surface area contributed by atoms with Gasteiger partial charge in [-0.05, 0) is 72.4 Å². The molecule has 3 aromatic rings. The van der Waals surface area contributed by atoms with Crippen molar-refractivity contribution in [3.8, 4) is 5.75 Å². The number of hydrogen-bond acceptors (Lipinski definition) is 5. The van der Waals surface area contributed by atoms with Crippen molar-refractivity contribution in [3.63, 3.8) is 0 Å². The van der Waals surface area contributed by atoms with E-state index in [1.807, 2.05) is 44.2 Å². The van der Waals surface area contributed by atoms with E-state index < -0.39 is 12.2 Å². The number of phenolic OH excluding ortho intramolecular Hbond substituents is 1. The summed E-state index contributed by atoms with van der Waals surface area (Å²) in [6.45, 7) is 8.16. The summed E-state index contributed by atoms with van der Waals surface area (Å²) in [6, 6.07) is 17.6. The number of phenols is 1. The van der Waals surface area contributed by atoms with Crippen LogP contribution in [0.2, 0.25) is 0 Å². The lowest BCUT2D eigenvalue weighted by atomic mass is 10.00. The minimum atomic E-state index is -0.840. The Morgan fingerprint density at radius 2 is 1.82 bits per heavy atom. The molecule has 1 fully saturated rings. The average Bonchev–Trinajstić information content (AvgIpc) is 3.01. The summed E-state index contributed by atoms with van der Waals surface area (Å²) in [5.41, 5.74) is 4.35. The minimum Gasteiger partial charge on any atom is -0.508 e. The van der Waals surface area contributed by atoms with Crippen molar-refractivity contribution >= 4 is 30.5 Å². The fourth-order valence-electron chi connectivity index (χ4n) is 5.71. The number of benzene rings is 3. The first-order valence-electron chi connectivity index (χ1n) is 14.8. The molecule has 3 aromatic carbocycles. The molecule has 9 nitrogen and oxygen atoms in total. The number of nitrogens with one attached hydrogen (secondary N) is 1. The lowest BCUT2D eigenvalue weighted by Gasteiger charge is -2.50. The number of amides is 4. The van der Waals surface area contributed by atoms with Gasteiger partial charge in [0.05, 0.1) is 13.1 Å². The largest absolute Gasteiger partial charge is 0.508 e. The van der Waals surface area contributed by atoms with Crippen LogP contribution in [0.15, 0.2) is 79.4 Å². The Morgan fingerprint density at radius 1 is 1.13 bits per heavy atom. The zero-order chi connectivity index (χ0) is 32.5. The SMILES string of the molecule is C=Cc1c(/C=C\C)cccc1CN(C=O)C[C@H]1N(C(C)Cc2ccc(O)cc2)C(=O)CN(C)N1C(=O)NCc1ccc(F)cc1. The quantitative estimate of drug-likeness (QED) is 0.280. The Balaban J connectivity index is 1.66. The lowest BCUT2D eigenvalue weighted by molar-refractivity contribution is -0.170. The number of allylic oxidation sites excluding steroid dienone is 1. The van der Waals surface area contributed by atoms with Crippen LogP contribution in [0.4, 0.5) is 9.18 Å². The Hall–Kier alpha value is -4.96. The molecule has 0 saturated carbocycles. The van der Waals surface area contributed by atoms with E-state index in [0.29, 0.717) is 12.0 Å². The molecule has 0 aromatic heterocycles. The van der Waals surface area contributed by atoms with Gasteiger partial charge in [0, 0.05) is 26.2 Å². The van der Waals surface area contributed by atoms with Crippen molar-refractivity contribution in [2.75, 3.05) is 20.1 Å². The summed E-state index contributed by atoms with van der Waals surface area (Å²) < 4.78 is 13.4. The van der Waals surface area contributed by atoms with E-state index in [4.69, 9.17) is 0 Å². The van der Waals surface area contributed by atoms with E-state index in [1.54, 1.807) is 64.3 Å². The summed E-state index contributed by atoms with van der Waals surface area (Å²) in [7, 11) is 1.66. The van der Waals surface area contributed by atoms with Gasteiger partial charge in [0.25, 0.3) is 0 Å². The van der Waals surface area contributed by atoms with Crippen molar-refractivity contribution in [2.45, 2.75) is 45.6 Å². The van der Waals surface area contributed by atoms with Crippen LogP contribution in [-0.2, 0) is 29.1 Å². The smallest absolute Gasteiger partial charge is 0.334 e. The van der Waals surface area contributed by atoms with Crippen LogP contribution in [0.1, 0.15) is 41.7 Å². The number of aromatic hydroxyl groups is 1. The summed E-state index contributed by atoms with van der Waals surface area (Å²) in [4.78, 5) is 43.2. The molecule has 4 rings (SSSR count). The number of carbonyl (C=O) groups excluding carboxylic acids is 3. The van der Waals surface area contributed by atoms with E-state index in [-0.39, 0.29) is 49.7 Å². The maximum atomic E-state index is 13.8. The van der Waals surface area contributed by atoms with Crippen LogP contribution in [0, 0.1) is 5.82 Å². The van der Waals surface area contributed by atoms with Gasteiger partial charge in [0.1, 0.15) is 17.7 Å². The highest BCUT2D eigenvalue weighted by Gasteiger charge is 2.43. The van der Waals surface area contributed by atoms with Crippen molar-refractivity contribution in [1.82, 2.24) is 25.1 Å². The van der Waals surface area contributed by atoms with Gasteiger partial charge in [-0.2, -0.15) is 0 Å². The second-order valence-corrected chi connectivity index (χ2v) is 11.1. The minimum absolute atomic E-state index is 0.0356. The van der Waals surface area contributed by atoms with Crippen LogP contribution in [0.25, 0.3) is 12.2 Å². The van der Waals surface area contributed by atoms with Gasteiger partial charge in [-0.3, -0.25) is 9.59 Å². The zero-order valence-corrected chi connectivity index (χ0v) is 25.9. The number of carbonyl (C=O) groups is 3. The number of nitrogens with zero attached hydrogens (tertiary/aromatic N) is 4. The predicted molar refractivity (Wildman–Crippen MR) is 173 cm³/mol. The second-order valence-electron chi connectivity index (χ2n) is 11.1. The van der Waals surface area contributed by atoms with Crippen molar-refractivity contribution < 1.29 is 23.9 Å². The van der Waals surface area contributed by atoms with E-state index in [9.17, 15) is 23.9 Å². The zero-order valence-electron chi connectivity index (χ0n) is 25.9. The van der Waals surface area contributed by atoms with Gasteiger partial charge < -0.3 is 20.2 Å². The molecule has 10 heteroatoms. The van der Waals surface area contributed by atoms with Crippen LogP contribution in [0.3, 0.4) is 0 Å². The molecule has 0 spiro atoms. The molecular formula is C35H40FN5O4. The van der Waals surface area contributed by atoms with E-state index in [0.717, 1.165) is 28.7 Å². The molecule has 4 amide bonds. The Kier molecular flexibility index (Phi) is 11.1. The molecule has 236 valence electrons. The van der Waals surface area contributed by atoms with Crippen LogP contribution < -0.4 is 5.32 Å². The topological polar surface area (TPSA) is 96.4 Å². The molecule has 45 heavy (non-hydrogen) atoms. The maximum Gasteiger partial charge on any atom is 0.334 e. The molecular weight excluding hydrogens is 573 g/mol. The first-order valence-corrected chi connectivity index (χ1v) is 14.8. The molecule has 1 aliphatic rings. The molecule has 0 aliphatic carbocycles. The van der Waals surface area contributed by atoms with Gasteiger partial charge in [0.15, 0.2) is 0 Å². The fourth-order valence-corrected chi connectivity index (χ4v) is 5.71. The third-order valence-corrected chi connectivity index (χ3v) is 7.83. The van der Waals surface area contributed by atoms with Crippen molar-refractivity contribution in [3.05, 3.63) is 113 Å². The maximum absolute atomic E-state index is 13.8. The number of halogens is 1. The Bertz CT molecular complexity index is 1530. The highest BCUT2D eigenvalue weighted by atomic mass is 19.1. The first-order chi connectivity index (χ1) is 21.6. The van der Waals surface area contributed by atoms with Gasteiger partial charge in [-0.15, -0.1) is 0 Å². The molecule has 2 N–H and O–H groups in total. The normalized spacial score (nSPS) is 16.1. The molecule has 1 unspecified atom stereocenters. The highest BCUT2D eigenvalue weighted by Crippen LogP contribution is 2.25. The summed E-state index contributed by atoms with van der Waals surface area (Å²) in [6.07, 6.45) is 6.01. The van der Waals surface area contributed by atoms with Crippen LogP contribution in [-0.4, -0.2) is 75.6 Å². The molecule has 0 bridgehead atoms. The van der Waals surface area contributed by atoms with Crippen molar-refractivity contribution in [1.29, 1.82) is 0 Å². The van der Waals surface area contributed by atoms with E-state index in [1.165, 1.54) is 17.1 Å². The first kappa shape index (κ1) is 32.9.